The van der Waals surface area contributed by atoms with Gasteiger partial charge in [0.1, 0.15) is 0 Å². The molecule has 1 heterocycles. The van der Waals surface area contributed by atoms with E-state index in [1.165, 1.54) is 0 Å². The van der Waals surface area contributed by atoms with E-state index in [-0.39, 0.29) is 11.9 Å². The molecule has 0 aliphatic carbocycles. The predicted molar refractivity (Wildman–Crippen MR) is 71.0 cm³/mol. The third-order valence-electron chi connectivity index (χ3n) is 2.88. The van der Waals surface area contributed by atoms with E-state index in [4.69, 9.17) is 0 Å². The lowest BCUT2D eigenvalue weighted by atomic mass is 9.99. The molecule has 1 rings (SSSR count). The van der Waals surface area contributed by atoms with Crippen molar-refractivity contribution in [1.82, 2.24) is 10.2 Å². The molecule has 1 aliphatic rings. The molecule has 0 aromatic heterocycles. The van der Waals surface area contributed by atoms with E-state index in [9.17, 15) is 4.79 Å². The summed E-state index contributed by atoms with van der Waals surface area (Å²) in [5, 5.41) is 3.26. The molecule has 0 bridgehead atoms. The third kappa shape index (κ3) is 2.90. The molecule has 0 saturated carbocycles. The van der Waals surface area contributed by atoms with E-state index in [2.05, 4.69) is 46.9 Å². The first-order valence-corrected chi connectivity index (χ1v) is 6.36. The maximum atomic E-state index is 12.1. The highest BCUT2D eigenvalue weighted by atomic mass is 16.2. The van der Waals surface area contributed by atoms with Gasteiger partial charge in [0.05, 0.1) is 0 Å². The van der Waals surface area contributed by atoms with Gasteiger partial charge >= 0.3 is 0 Å². The second kappa shape index (κ2) is 5.39. The summed E-state index contributed by atoms with van der Waals surface area (Å²) in [4.78, 5) is 14.0. The molecule has 0 saturated heterocycles. The Morgan fingerprint density at radius 2 is 1.65 bits per heavy atom. The monoisotopic (exact) mass is 236 g/mol. The second-order valence-electron chi connectivity index (χ2n) is 5.39. The maximum Gasteiger partial charge on any atom is 0.252 e. The minimum Gasteiger partial charge on any atom is -0.363 e. The summed E-state index contributed by atoms with van der Waals surface area (Å²) in [6.45, 7) is 12.7. The standard InChI is InChI=1S/C14H24N2O/c1-9(2)13-14(10(3)4)16(11(5)6)12(17)7-8-15-13/h7-11,15H,1-6H3. The van der Waals surface area contributed by atoms with Crippen molar-refractivity contribution in [2.75, 3.05) is 0 Å². The van der Waals surface area contributed by atoms with Gasteiger partial charge < -0.3 is 10.2 Å². The number of carbonyl (C=O) groups excluding carboxylic acids is 1. The summed E-state index contributed by atoms with van der Waals surface area (Å²) in [6, 6.07) is 0.179. The number of nitrogens with one attached hydrogen (secondary N) is 1. The van der Waals surface area contributed by atoms with Crippen LogP contribution in [0.1, 0.15) is 41.5 Å². The summed E-state index contributed by atoms with van der Waals surface area (Å²) >= 11 is 0. The van der Waals surface area contributed by atoms with Crippen LogP contribution >= 0.6 is 0 Å². The molecular weight excluding hydrogens is 212 g/mol. The molecule has 1 N–H and O–H groups in total. The first kappa shape index (κ1) is 13.8. The summed E-state index contributed by atoms with van der Waals surface area (Å²) in [5.41, 5.74) is 2.26. The summed E-state index contributed by atoms with van der Waals surface area (Å²) in [6.07, 6.45) is 3.36. The molecule has 96 valence electrons. The molecule has 0 radical (unpaired) electrons. The van der Waals surface area contributed by atoms with Crippen molar-refractivity contribution in [2.24, 2.45) is 11.8 Å². The number of allylic oxidation sites excluding steroid dienone is 2. The number of amides is 1. The van der Waals surface area contributed by atoms with Crippen LogP contribution in [0.3, 0.4) is 0 Å². The summed E-state index contributed by atoms with van der Waals surface area (Å²) in [5.74, 6) is 0.766. The van der Waals surface area contributed by atoms with Crippen LogP contribution < -0.4 is 5.32 Å². The topological polar surface area (TPSA) is 32.3 Å². The minimum absolute atomic E-state index is 0.0619. The van der Waals surface area contributed by atoms with Gasteiger partial charge in [0, 0.05) is 29.7 Å². The Hall–Kier alpha value is -1.25. The highest BCUT2D eigenvalue weighted by molar-refractivity contribution is 5.89. The van der Waals surface area contributed by atoms with Crippen LogP contribution in [0.25, 0.3) is 0 Å². The second-order valence-corrected chi connectivity index (χ2v) is 5.39. The number of carbonyl (C=O) groups is 1. The largest absolute Gasteiger partial charge is 0.363 e. The van der Waals surface area contributed by atoms with Crippen molar-refractivity contribution < 1.29 is 4.79 Å². The normalized spacial score (nSPS) is 17.2. The van der Waals surface area contributed by atoms with Crippen LogP contribution in [-0.2, 0) is 4.79 Å². The Labute approximate surface area is 105 Å². The predicted octanol–water partition coefficient (Wildman–Crippen LogP) is 2.86. The molecule has 0 fully saturated rings. The molecule has 0 aromatic rings. The fraction of sp³-hybridized carbons (Fsp3) is 0.643. The molecule has 1 aliphatic heterocycles. The van der Waals surface area contributed by atoms with Crippen molar-refractivity contribution in [1.29, 1.82) is 0 Å². The lowest BCUT2D eigenvalue weighted by Crippen LogP contribution is -2.38. The summed E-state index contributed by atoms with van der Waals surface area (Å²) < 4.78 is 0. The number of hydrogen-bond acceptors (Lipinski definition) is 2. The zero-order valence-electron chi connectivity index (χ0n) is 11.7. The molecule has 17 heavy (non-hydrogen) atoms. The van der Waals surface area contributed by atoms with Gasteiger partial charge in [-0.15, -0.1) is 0 Å². The minimum atomic E-state index is 0.0619. The Morgan fingerprint density at radius 1 is 1.06 bits per heavy atom. The van der Waals surface area contributed by atoms with Gasteiger partial charge in [-0.05, 0) is 25.7 Å². The highest BCUT2D eigenvalue weighted by Gasteiger charge is 2.27. The van der Waals surface area contributed by atoms with Crippen LogP contribution in [0.2, 0.25) is 0 Å². The van der Waals surface area contributed by atoms with Crippen molar-refractivity contribution in [2.45, 2.75) is 47.6 Å². The third-order valence-corrected chi connectivity index (χ3v) is 2.88. The summed E-state index contributed by atoms with van der Waals surface area (Å²) in [7, 11) is 0. The molecule has 0 unspecified atom stereocenters. The number of hydrogen-bond donors (Lipinski definition) is 1. The quantitative estimate of drug-likeness (QED) is 0.817. The van der Waals surface area contributed by atoms with Gasteiger partial charge in [-0.2, -0.15) is 0 Å². The van der Waals surface area contributed by atoms with Gasteiger partial charge in [-0.25, -0.2) is 0 Å². The van der Waals surface area contributed by atoms with E-state index in [1.807, 2.05) is 4.90 Å². The molecule has 3 nitrogen and oxygen atoms in total. The van der Waals surface area contributed by atoms with E-state index in [0.717, 1.165) is 11.4 Å². The first-order valence-electron chi connectivity index (χ1n) is 6.36. The first-order chi connectivity index (χ1) is 7.86. The molecule has 3 heteroatoms. The highest BCUT2D eigenvalue weighted by Crippen LogP contribution is 2.26. The average Bonchev–Trinajstić information content (AvgIpc) is 2.36. The SMILES string of the molecule is CC(C)C1=C(C(C)C)N(C(C)C)C(=O)C=CN1. The Morgan fingerprint density at radius 3 is 2.06 bits per heavy atom. The Bertz CT molecular complexity index is 351. The van der Waals surface area contributed by atoms with Crippen molar-refractivity contribution in [3.63, 3.8) is 0 Å². The molecular formula is C14H24N2O. The zero-order valence-corrected chi connectivity index (χ0v) is 11.7. The van der Waals surface area contributed by atoms with Crippen molar-refractivity contribution in [3.05, 3.63) is 23.7 Å². The Kier molecular flexibility index (Phi) is 4.38. The van der Waals surface area contributed by atoms with E-state index >= 15 is 0 Å². The molecule has 0 spiro atoms. The van der Waals surface area contributed by atoms with Crippen molar-refractivity contribution >= 4 is 5.91 Å². The van der Waals surface area contributed by atoms with Crippen molar-refractivity contribution in [3.8, 4) is 0 Å². The smallest absolute Gasteiger partial charge is 0.252 e. The number of nitrogens with zero attached hydrogens (tertiary/aromatic N) is 1. The van der Waals surface area contributed by atoms with Crippen LogP contribution in [0, 0.1) is 11.8 Å². The van der Waals surface area contributed by atoms with Gasteiger partial charge in [-0.3, -0.25) is 4.79 Å². The fourth-order valence-electron chi connectivity index (χ4n) is 2.19. The van der Waals surface area contributed by atoms with Gasteiger partial charge in [0.25, 0.3) is 5.91 Å². The average molecular weight is 236 g/mol. The molecule has 0 atom stereocenters. The van der Waals surface area contributed by atoms with E-state index < -0.39 is 0 Å². The van der Waals surface area contributed by atoms with Crippen LogP contribution in [0.5, 0.6) is 0 Å². The molecule has 0 aromatic carbocycles. The van der Waals surface area contributed by atoms with Gasteiger partial charge in [-0.1, -0.05) is 27.7 Å². The van der Waals surface area contributed by atoms with Crippen LogP contribution in [0.4, 0.5) is 0 Å². The molecule has 1 amide bonds. The maximum absolute atomic E-state index is 12.1. The van der Waals surface area contributed by atoms with E-state index in [0.29, 0.717) is 11.8 Å². The van der Waals surface area contributed by atoms with Crippen LogP contribution in [-0.4, -0.2) is 16.8 Å². The lowest BCUT2D eigenvalue weighted by Gasteiger charge is -2.32. The fourth-order valence-corrected chi connectivity index (χ4v) is 2.19. The van der Waals surface area contributed by atoms with Gasteiger partial charge in [0.2, 0.25) is 0 Å². The van der Waals surface area contributed by atoms with Crippen LogP contribution in [0.15, 0.2) is 23.7 Å². The zero-order chi connectivity index (χ0) is 13.2. The van der Waals surface area contributed by atoms with Gasteiger partial charge in [0.15, 0.2) is 0 Å². The van der Waals surface area contributed by atoms with E-state index in [1.54, 1.807) is 12.3 Å². The lowest BCUT2D eigenvalue weighted by molar-refractivity contribution is -0.125. The Balaban J connectivity index is 3.33. The number of rotatable bonds is 3.